The number of nitriles is 1. The minimum absolute atomic E-state index is 0.117. The van der Waals surface area contributed by atoms with Crippen LogP contribution in [0.1, 0.15) is 54.0 Å². The van der Waals surface area contributed by atoms with Gasteiger partial charge in [0.2, 0.25) is 0 Å². The second kappa shape index (κ2) is 9.08. The van der Waals surface area contributed by atoms with Gasteiger partial charge in [0.15, 0.2) is 11.1 Å². The number of nitrogens with two attached hydrogens (primary N) is 1. The number of allylic oxidation sites excluding steroid dienone is 1. The van der Waals surface area contributed by atoms with Crippen molar-refractivity contribution in [2.45, 2.75) is 45.7 Å². The first-order valence-corrected chi connectivity index (χ1v) is 11.1. The maximum Gasteiger partial charge on any atom is 0.196 e. The molecule has 3 N–H and O–H groups in total. The fraction of sp³-hybridized carbons (Fsp3) is 0.280. The summed E-state index contributed by atoms with van der Waals surface area (Å²) in [7, 11) is 0. The summed E-state index contributed by atoms with van der Waals surface area (Å²) in [5, 5.41) is 13.5. The minimum Gasteiger partial charge on any atom is -0.455 e. The number of nitrogens with one attached hydrogen (secondary N) is 1. The van der Waals surface area contributed by atoms with E-state index in [0.717, 1.165) is 24.0 Å². The lowest BCUT2D eigenvalue weighted by molar-refractivity contribution is 0.575. The highest BCUT2D eigenvalue weighted by molar-refractivity contribution is 6.29. The van der Waals surface area contributed by atoms with E-state index >= 15 is 0 Å². The van der Waals surface area contributed by atoms with E-state index in [9.17, 15) is 10.1 Å². The van der Waals surface area contributed by atoms with Gasteiger partial charge in [0.1, 0.15) is 22.6 Å². The Labute approximate surface area is 196 Å². The normalized spacial score (nSPS) is 15.1. The maximum atomic E-state index is 13.3. The largest absolute Gasteiger partial charge is 0.455 e. The first-order chi connectivity index (χ1) is 15.8. The van der Waals surface area contributed by atoms with Crippen LogP contribution in [-0.4, -0.2) is 17.2 Å². The van der Waals surface area contributed by atoms with Gasteiger partial charge in [-0.15, -0.1) is 0 Å². The summed E-state index contributed by atoms with van der Waals surface area (Å²) in [5.41, 5.74) is 9.69. The second-order valence-electron chi connectivity index (χ2n) is 8.26. The van der Waals surface area contributed by atoms with E-state index in [-0.39, 0.29) is 22.3 Å². The monoisotopic (exact) mass is 461 g/mol. The molecular weight excluding hydrogens is 438 g/mol. The third-order valence-corrected chi connectivity index (χ3v) is 5.82. The molecule has 0 spiro atoms. The molecule has 1 unspecified atom stereocenters. The quantitative estimate of drug-likeness (QED) is 0.392. The molecule has 1 atom stereocenters. The zero-order chi connectivity index (χ0) is 23.7. The Bertz CT molecular complexity index is 1400. The van der Waals surface area contributed by atoms with Crippen LogP contribution in [-0.2, 0) is 0 Å². The number of fused-ring (bicyclic) bond motifs is 1. The summed E-state index contributed by atoms with van der Waals surface area (Å²) in [4.78, 5) is 21.8. The van der Waals surface area contributed by atoms with Gasteiger partial charge in [0.05, 0.1) is 28.7 Å². The van der Waals surface area contributed by atoms with Gasteiger partial charge in [-0.2, -0.15) is 5.26 Å². The van der Waals surface area contributed by atoms with Crippen molar-refractivity contribution < 1.29 is 4.42 Å². The molecule has 3 aromatic rings. The molecule has 0 amide bonds. The smallest absolute Gasteiger partial charge is 0.196 e. The number of aryl methyl sites for hydroxylation is 1. The molecule has 2 heterocycles. The highest BCUT2D eigenvalue weighted by atomic mass is 35.5. The van der Waals surface area contributed by atoms with Crippen LogP contribution < -0.4 is 16.5 Å². The van der Waals surface area contributed by atoms with Gasteiger partial charge >= 0.3 is 0 Å². The van der Waals surface area contributed by atoms with Crippen LogP contribution >= 0.6 is 11.6 Å². The van der Waals surface area contributed by atoms with E-state index in [2.05, 4.69) is 21.4 Å². The van der Waals surface area contributed by atoms with Gasteiger partial charge in [-0.05, 0) is 57.4 Å². The van der Waals surface area contributed by atoms with Crippen molar-refractivity contribution in [2.24, 2.45) is 10.7 Å². The topological polar surface area (TPSA) is 117 Å². The number of pyridine rings is 1. The van der Waals surface area contributed by atoms with Crippen LogP contribution in [0.5, 0.6) is 0 Å². The third kappa shape index (κ3) is 4.62. The highest BCUT2D eigenvalue weighted by Crippen LogP contribution is 2.31. The number of aliphatic imine (C=N–C) groups is 1. The number of anilines is 1. The average Bonchev–Trinajstić information content (AvgIpc) is 3.62. The van der Waals surface area contributed by atoms with Gasteiger partial charge in [-0.3, -0.25) is 9.79 Å². The molecule has 33 heavy (non-hydrogen) atoms. The number of hydrogen-bond donors (Lipinski definition) is 2. The summed E-state index contributed by atoms with van der Waals surface area (Å²) in [6, 6.07) is 9.17. The van der Waals surface area contributed by atoms with Crippen molar-refractivity contribution in [3.63, 3.8) is 0 Å². The van der Waals surface area contributed by atoms with E-state index in [1.807, 2.05) is 26.0 Å². The Morgan fingerprint density at radius 3 is 2.82 bits per heavy atom. The molecule has 1 fully saturated rings. The second-order valence-corrected chi connectivity index (χ2v) is 8.64. The summed E-state index contributed by atoms with van der Waals surface area (Å²) < 4.78 is 6.32. The number of rotatable bonds is 6. The van der Waals surface area contributed by atoms with Crippen LogP contribution in [0.15, 0.2) is 44.7 Å². The highest BCUT2D eigenvalue weighted by Gasteiger charge is 2.22. The van der Waals surface area contributed by atoms with E-state index in [1.165, 1.54) is 6.20 Å². The minimum atomic E-state index is -0.299. The molecule has 1 aliphatic rings. The van der Waals surface area contributed by atoms with Gasteiger partial charge in [0.25, 0.3) is 0 Å². The number of nitrogens with zero attached hydrogens (tertiary/aromatic N) is 3. The molecule has 7 nitrogen and oxygen atoms in total. The zero-order valence-corrected chi connectivity index (χ0v) is 19.4. The number of benzene rings is 1. The van der Waals surface area contributed by atoms with Crippen molar-refractivity contribution >= 4 is 40.0 Å². The number of aromatic nitrogens is 1. The maximum absolute atomic E-state index is 13.3. The van der Waals surface area contributed by atoms with Gasteiger partial charge in [-0.1, -0.05) is 17.7 Å². The first-order valence-electron chi connectivity index (χ1n) is 10.7. The van der Waals surface area contributed by atoms with Crippen LogP contribution in [0.2, 0.25) is 5.15 Å². The summed E-state index contributed by atoms with van der Waals surface area (Å²) in [5.74, 6) is 0.405. The summed E-state index contributed by atoms with van der Waals surface area (Å²) in [6.45, 7) is 5.59. The Morgan fingerprint density at radius 2 is 2.15 bits per heavy atom. The average molecular weight is 462 g/mol. The molecular formula is C25H24ClN5O2. The van der Waals surface area contributed by atoms with E-state index in [0.29, 0.717) is 39.6 Å². The summed E-state index contributed by atoms with van der Waals surface area (Å²) in [6.07, 6.45) is 5.22. The lowest BCUT2D eigenvalue weighted by Crippen LogP contribution is -2.14. The van der Waals surface area contributed by atoms with E-state index in [4.69, 9.17) is 21.8 Å². The van der Waals surface area contributed by atoms with Gasteiger partial charge in [0, 0.05) is 23.5 Å². The van der Waals surface area contributed by atoms with Crippen molar-refractivity contribution in [3.8, 4) is 6.07 Å². The standard InChI is InChI=1S/C25H24ClN5O2/c1-13-8-18(15(3)30-20-6-7-22(26)31-21(20)11-28)25-19(9-13)23(32)14(2)24(33-25)16(10-27)12-29-17-4-5-17/h6-10,12,15,17,30H,4-5,27H2,1-3H3/b16-10+,29-12?. The number of halogens is 1. The molecule has 4 rings (SSSR count). The van der Waals surface area contributed by atoms with Gasteiger partial charge in [-0.25, -0.2) is 4.98 Å². The van der Waals surface area contributed by atoms with E-state index < -0.39 is 0 Å². The Kier molecular flexibility index (Phi) is 6.21. The van der Waals surface area contributed by atoms with Crippen molar-refractivity contribution in [1.82, 2.24) is 4.98 Å². The van der Waals surface area contributed by atoms with E-state index in [1.54, 1.807) is 25.3 Å². The lowest BCUT2D eigenvalue weighted by Gasteiger charge is -2.19. The predicted molar refractivity (Wildman–Crippen MR) is 132 cm³/mol. The van der Waals surface area contributed by atoms with Crippen molar-refractivity contribution in [3.05, 3.63) is 74.0 Å². The molecule has 0 radical (unpaired) electrons. The van der Waals surface area contributed by atoms with Crippen LogP contribution in [0.25, 0.3) is 16.5 Å². The van der Waals surface area contributed by atoms with Crippen molar-refractivity contribution in [1.29, 1.82) is 5.26 Å². The van der Waals surface area contributed by atoms with Crippen LogP contribution in [0.4, 0.5) is 5.69 Å². The third-order valence-electron chi connectivity index (χ3n) is 5.61. The SMILES string of the molecule is Cc1cc(C(C)Nc2ccc(Cl)nc2C#N)c2oc(/C(C=NC3CC3)=C/N)c(C)c(=O)c2c1. The fourth-order valence-corrected chi connectivity index (χ4v) is 3.85. The van der Waals surface area contributed by atoms with Gasteiger partial charge < -0.3 is 15.5 Å². The molecule has 8 heteroatoms. The molecule has 2 aromatic heterocycles. The molecule has 168 valence electrons. The fourth-order valence-electron chi connectivity index (χ4n) is 3.70. The zero-order valence-electron chi connectivity index (χ0n) is 18.6. The lowest BCUT2D eigenvalue weighted by atomic mass is 9.99. The first kappa shape index (κ1) is 22.6. The Morgan fingerprint density at radius 1 is 1.39 bits per heavy atom. The molecule has 1 aromatic carbocycles. The van der Waals surface area contributed by atoms with Crippen molar-refractivity contribution in [2.75, 3.05) is 5.32 Å². The predicted octanol–water partition coefficient (Wildman–Crippen LogP) is 5.04. The molecule has 1 aliphatic carbocycles. The molecule has 0 bridgehead atoms. The molecule has 1 saturated carbocycles. The Balaban J connectivity index is 1.84. The van der Waals surface area contributed by atoms with Crippen LogP contribution in [0, 0.1) is 25.2 Å². The molecule has 0 saturated heterocycles. The summed E-state index contributed by atoms with van der Waals surface area (Å²) >= 11 is 5.92. The Hall–Kier alpha value is -3.63. The number of hydrogen-bond acceptors (Lipinski definition) is 7. The van der Waals surface area contributed by atoms with Crippen LogP contribution in [0.3, 0.4) is 0 Å². The molecule has 0 aliphatic heterocycles.